The average molecular weight is 431 g/mol. The average Bonchev–Trinajstić information content (AvgIpc) is 3.12. The molecule has 29 heavy (non-hydrogen) atoms. The molecule has 0 fully saturated rings. The number of ether oxygens (including phenoxy) is 2. The molecule has 0 radical (unpaired) electrons. The number of aromatic nitrogens is 1. The van der Waals surface area contributed by atoms with Crippen LogP contribution in [0.15, 0.2) is 52.7 Å². The summed E-state index contributed by atoms with van der Waals surface area (Å²) in [6.07, 6.45) is 0. The number of carbonyl (C=O) groups excluding carboxylic acids is 1. The van der Waals surface area contributed by atoms with Crippen LogP contribution in [0.1, 0.15) is 16.1 Å². The van der Waals surface area contributed by atoms with Crippen molar-refractivity contribution < 1.29 is 22.7 Å². The number of hydrogen-bond donors (Lipinski definition) is 2. The molecule has 0 saturated carbocycles. The summed E-state index contributed by atoms with van der Waals surface area (Å²) in [6.45, 7) is 2.62. The number of hydrogen-bond acceptors (Lipinski definition) is 7. The molecule has 0 spiro atoms. The van der Waals surface area contributed by atoms with Crippen molar-refractivity contribution in [3.63, 3.8) is 0 Å². The van der Waals surface area contributed by atoms with Gasteiger partial charge in [0.25, 0.3) is 15.9 Å². The van der Waals surface area contributed by atoms with E-state index in [1.54, 1.807) is 24.3 Å². The third-order valence-electron chi connectivity index (χ3n) is 4.04. The number of benzene rings is 2. The predicted octanol–water partition coefficient (Wildman–Crippen LogP) is 3.28. The Morgan fingerprint density at radius 1 is 1.10 bits per heavy atom. The molecular formula is C19H17N3O5S2. The zero-order valence-corrected chi connectivity index (χ0v) is 17.0. The molecule has 10 heteroatoms. The molecular weight excluding hydrogens is 414 g/mol. The van der Waals surface area contributed by atoms with Crippen molar-refractivity contribution in [3.05, 3.63) is 59.1 Å². The third-order valence-corrected chi connectivity index (χ3v) is 6.29. The summed E-state index contributed by atoms with van der Waals surface area (Å²) in [5.41, 5.74) is 1.38. The molecule has 0 saturated heterocycles. The zero-order valence-electron chi connectivity index (χ0n) is 15.3. The molecule has 2 aromatic carbocycles. The Hall–Kier alpha value is -3.11. The van der Waals surface area contributed by atoms with E-state index in [-0.39, 0.29) is 16.5 Å². The van der Waals surface area contributed by atoms with Crippen LogP contribution in [-0.2, 0) is 10.0 Å². The standard InChI is InChI=1S/C19H17N3O5S2/c1-12-11-28-19(20-12)21-18(23)13-3-2-4-14(9-13)22-29(24,25)15-5-6-16-17(10-15)27-8-7-26-16/h2-6,9-11,22H,7-8H2,1H3,(H,20,21,23). The van der Waals surface area contributed by atoms with Crippen molar-refractivity contribution in [2.45, 2.75) is 11.8 Å². The Balaban J connectivity index is 1.53. The molecule has 2 N–H and O–H groups in total. The second kappa shape index (κ2) is 7.72. The van der Waals surface area contributed by atoms with Gasteiger partial charge >= 0.3 is 0 Å². The number of rotatable bonds is 5. The molecule has 0 unspecified atom stereocenters. The number of thiazole rings is 1. The first-order chi connectivity index (χ1) is 13.9. The van der Waals surface area contributed by atoms with Crippen LogP contribution in [0.2, 0.25) is 0 Å². The molecule has 0 atom stereocenters. The Labute approximate surface area is 171 Å². The summed E-state index contributed by atoms with van der Waals surface area (Å²) < 4.78 is 38.8. The van der Waals surface area contributed by atoms with Gasteiger partial charge in [-0.15, -0.1) is 11.3 Å². The molecule has 0 bridgehead atoms. The van der Waals surface area contributed by atoms with Gasteiger partial charge in [-0.25, -0.2) is 13.4 Å². The molecule has 3 aromatic rings. The summed E-state index contributed by atoms with van der Waals surface area (Å²) in [7, 11) is -3.87. The summed E-state index contributed by atoms with van der Waals surface area (Å²) in [5.74, 6) is 0.511. The lowest BCUT2D eigenvalue weighted by atomic mass is 10.2. The van der Waals surface area contributed by atoms with Crippen molar-refractivity contribution in [2.24, 2.45) is 0 Å². The van der Waals surface area contributed by atoms with Crippen LogP contribution in [0, 0.1) is 6.92 Å². The molecule has 8 nitrogen and oxygen atoms in total. The van der Waals surface area contributed by atoms with Crippen molar-refractivity contribution in [2.75, 3.05) is 23.3 Å². The Bertz CT molecular complexity index is 1170. The number of nitrogens with zero attached hydrogens (tertiary/aromatic N) is 1. The highest BCUT2D eigenvalue weighted by Crippen LogP contribution is 2.32. The van der Waals surface area contributed by atoms with E-state index in [0.717, 1.165) is 5.69 Å². The van der Waals surface area contributed by atoms with Gasteiger partial charge in [-0.3, -0.25) is 14.8 Å². The van der Waals surface area contributed by atoms with Gasteiger partial charge in [0.2, 0.25) is 0 Å². The summed E-state index contributed by atoms with van der Waals surface area (Å²) in [5, 5.41) is 5.00. The van der Waals surface area contributed by atoms with Crippen LogP contribution in [0.5, 0.6) is 11.5 Å². The first kappa shape index (κ1) is 19.2. The first-order valence-corrected chi connectivity index (χ1v) is 11.0. The van der Waals surface area contributed by atoms with Crippen molar-refractivity contribution in [1.29, 1.82) is 0 Å². The minimum atomic E-state index is -3.87. The van der Waals surface area contributed by atoms with Gasteiger partial charge in [0.05, 0.1) is 10.6 Å². The maximum absolute atomic E-state index is 12.7. The molecule has 4 rings (SSSR count). The van der Waals surface area contributed by atoms with Crippen LogP contribution < -0.4 is 19.5 Å². The van der Waals surface area contributed by atoms with Gasteiger partial charge in [0.1, 0.15) is 13.2 Å². The smallest absolute Gasteiger partial charge is 0.262 e. The van der Waals surface area contributed by atoms with Gasteiger partial charge in [0, 0.05) is 22.7 Å². The second-order valence-electron chi connectivity index (χ2n) is 6.24. The molecule has 1 aliphatic heterocycles. The van der Waals surface area contributed by atoms with E-state index in [4.69, 9.17) is 9.47 Å². The highest BCUT2D eigenvalue weighted by Gasteiger charge is 2.20. The van der Waals surface area contributed by atoms with E-state index in [2.05, 4.69) is 15.0 Å². The molecule has 150 valence electrons. The summed E-state index contributed by atoms with van der Waals surface area (Å²) in [6, 6.07) is 10.6. The van der Waals surface area contributed by atoms with Crippen LogP contribution in [-0.4, -0.2) is 32.5 Å². The lowest BCUT2D eigenvalue weighted by molar-refractivity contribution is 0.102. The first-order valence-electron chi connectivity index (χ1n) is 8.67. The minimum absolute atomic E-state index is 0.0369. The van der Waals surface area contributed by atoms with E-state index in [1.165, 1.54) is 29.5 Å². The number of nitrogens with one attached hydrogen (secondary N) is 2. The number of anilines is 2. The fraction of sp³-hybridized carbons (Fsp3) is 0.158. The van der Waals surface area contributed by atoms with Gasteiger partial charge in [-0.1, -0.05) is 6.07 Å². The topological polar surface area (TPSA) is 107 Å². The van der Waals surface area contributed by atoms with Crippen molar-refractivity contribution in [1.82, 2.24) is 4.98 Å². The van der Waals surface area contributed by atoms with Crippen LogP contribution in [0.3, 0.4) is 0 Å². The van der Waals surface area contributed by atoms with Crippen molar-refractivity contribution >= 4 is 38.1 Å². The van der Waals surface area contributed by atoms with Crippen LogP contribution in [0.4, 0.5) is 10.8 Å². The predicted molar refractivity (Wildman–Crippen MR) is 109 cm³/mol. The highest BCUT2D eigenvalue weighted by atomic mass is 32.2. The highest BCUT2D eigenvalue weighted by molar-refractivity contribution is 7.92. The Morgan fingerprint density at radius 2 is 1.90 bits per heavy atom. The van der Waals surface area contributed by atoms with E-state index < -0.39 is 10.0 Å². The zero-order chi connectivity index (χ0) is 20.4. The Kier molecular flexibility index (Phi) is 5.12. The van der Waals surface area contributed by atoms with Crippen LogP contribution in [0.25, 0.3) is 0 Å². The normalized spacial score (nSPS) is 13.0. The fourth-order valence-electron chi connectivity index (χ4n) is 2.71. The van der Waals surface area contributed by atoms with Crippen LogP contribution >= 0.6 is 11.3 Å². The summed E-state index contributed by atoms with van der Waals surface area (Å²) >= 11 is 1.32. The molecule has 0 aliphatic carbocycles. The van der Waals surface area contributed by atoms with Gasteiger partial charge in [0.15, 0.2) is 16.6 Å². The fourth-order valence-corrected chi connectivity index (χ4v) is 4.46. The van der Waals surface area contributed by atoms with Crippen molar-refractivity contribution in [3.8, 4) is 11.5 Å². The maximum atomic E-state index is 12.7. The van der Waals surface area contributed by atoms with E-state index in [1.807, 2.05) is 12.3 Å². The third kappa shape index (κ3) is 4.33. The number of fused-ring (bicyclic) bond motifs is 1. The van der Waals surface area contributed by atoms with E-state index in [0.29, 0.717) is 35.4 Å². The SMILES string of the molecule is Cc1csc(NC(=O)c2cccc(NS(=O)(=O)c3ccc4c(c3)OCCO4)c2)n1. The number of aryl methyl sites for hydroxylation is 1. The Morgan fingerprint density at radius 3 is 2.66 bits per heavy atom. The largest absolute Gasteiger partial charge is 0.486 e. The number of sulfonamides is 1. The van der Waals surface area contributed by atoms with Gasteiger partial charge < -0.3 is 9.47 Å². The van der Waals surface area contributed by atoms with Gasteiger partial charge in [-0.2, -0.15) is 0 Å². The monoisotopic (exact) mass is 431 g/mol. The number of carbonyl (C=O) groups is 1. The van der Waals surface area contributed by atoms with Gasteiger partial charge in [-0.05, 0) is 37.3 Å². The molecule has 1 aromatic heterocycles. The second-order valence-corrected chi connectivity index (χ2v) is 8.78. The molecule has 1 aliphatic rings. The quantitative estimate of drug-likeness (QED) is 0.642. The lowest BCUT2D eigenvalue weighted by Crippen LogP contribution is -2.17. The summed E-state index contributed by atoms with van der Waals surface area (Å²) in [4.78, 5) is 16.6. The minimum Gasteiger partial charge on any atom is -0.486 e. The maximum Gasteiger partial charge on any atom is 0.262 e. The molecule has 1 amide bonds. The molecule has 2 heterocycles. The van der Waals surface area contributed by atoms with E-state index in [9.17, 15) is 13.2 Å². The van der Waals surface area contributed by atoms with E-state index >= 15 is 0 Å². The lowest BCUT2D eigenvalue weighted by Gasteiger charge is -2.19. The number of amides is 1.